The van der Waals surface area contributed by atoms with Crippen molar-refractivity contribution in [2.75, 3.05) is 45.5 Å². The largest absolute Gasteiger partial charge is 0.497 e. The number of nitrogens with one attached hydrogen (secondary N) is 1. The molecule has 0 spiro atoms. The molecule has 2 aromatic carbocycles. The molecule has 1 N–H and O–H groups in total. The summed E-state index contributed by atoms with van der Waals surface area (Å²) in [7, 11) is 3.02. The molecule has 0 unspecified atom stereocenters. The summed E-state index contributed by atoms with van der Waals surface area (Å²) in [6.07, 6.45) is 3.27. The van der Waals surface area contributed by atoms with Gasteiger partial charge in [0.1, 0.15) is 11.5 Å². The molecule has 0 aromatic heterocycles. The quantitative estimate of drug-likeness (QED) is 0.519. The van der Waals surface area contributed by atoms with Crippen LogP contribution in [0.15, 0.2) is 48.5 Å². The van der Waals surface area contributed by atoms with Crippen LogP contribution < -0.4 is 25.4 Å². The number of hydrogen-bond acceptors (Lipinski definition) is 4. The maximum Gasteiger partial charge on any atom is 0.118 e. The summed E-state index contributed by atoms with van der Waals surface area (Å²) >= 11 is 1.88. The van der Waals surface area contributed by atoms with Gasteiger partial charge in [0, 0.05) is 12.3 Å². The number of ether oxygens (including phenoxy) is 2. The highest BCUT2D eigenvalue weighted by Crippen LogP contribution is 2.34. The molecule has 0 saturated heterocycles. The average Bonchev–Trinajstić information content (AvgIpc) is 2.65. The van der Waals surface area contributed by atoms with Crippen LogP contribution >= 0.6 is 19.7 Å². The highest BCUT2D eigenvalue weighted by atomic mass is 32.2. The van der Waals surface area contributed by atoms with Crippen LogP contribution in [0.2, 0.25) is 0 Å². The molecule has 0 fully saturated rings. The van der Waals surface area contributed by atoms with Gasteiger partial charge in [0.25, 0.3) is 0 Å². The molecule has 0 atom stereocenters. The fourth-order valence-corrected chi connectivity index (χ4v) is 4.98. The lowest BCUT2D eigenvalue weighted by Gasteiger charge is -2.19. The summed E-state index contributed by atoms with van der Waals surface area (Å²) in [5.41, 5.74) is 0. The molecule has 5 heteroatoms. The standard InChI is InChI=1S/C19H26NO2PS/c1-21-16-4-8-18(9-5-16)23(14-12-20-13-15-24-3)19-10-6-17(22-2)7-11-19/h4-11,20H,12-15H2,1-3H3. The van der Waals surface area contributed by atoms with Crippen LogP contribution in [0.1, 0.15) is 0 Å². The van der Waals surface area contributed by atoms with E-state index in [4.69, 9.17) is 9.47 Å². The highest BCUT2D eigenvalue weighted by Gasteiger charge is 2.14. The predicted molar refractivity (Wildman–Crippen MR) is 108 cm³/mol. The maximum absolute atomic E-state index is 5.29. The molecule has 0 heterocycles. The zero-order valence-corrected chi connectivity index (χ0v) is 16.3. The first kappa shape index (κ1) is 19.1. The first-order valence-electron chi connectivity index (χ1n) is 8.03. The summed E-state index contributed by atoms with van der Waals surface area (Å²) in [4.78, 5) is 0. The molecule has 2 rings (SSSR count). The van der Waals surface area contributed by atoms with Crippen LogP contribution in [0.25, 0.3) is 0 Å². The first-order valence-corrected chi connectivity index (χ1v) is 11.0. The Hall–Kier alpha value is -1.22. The van der Waals surface area contributed by atoms with Crippen molar-refractivity contribution in [1.29, 1.82) is 0 Å². The minimum absolute atomic E-state index is 0.387. The van der Waals surface area contributed by atoms with Gasteiger partial charge in [-0.05, 0) is 61.8 Å². The van der Waals surface area contributed by atoms with Gasteiger partial charge in [-0.25, -0.2) is 0 Å². The molecule has 3 nitrogen and oxygen atoms in total. The molecular weight excluding hydrogens is 337 g/mol. The van der Waals surface area contributed by atoms with E-state index in [0.29, 0.717) is 0 Å². The average molecular weight is 363 g/mol. The lowest BCUT2D eigenvalue weighted by Crippen LogP contribution is -2.24. The van der Waals surface area contributed by atoms with Crippen LogP contribution in [0.3, 0.4) is 0 Å². The molecule has 0 amide bonds. The van der Waals surface area contributed by atoms with Crippen molar-refractivity contribution in [1.82, 2.24) is 5.32 Å². The van der Waals surface area contributed by atoms with Gasteiger partial charge < -0.3 is 14.8 Å². The van der Waals surface area contributed by atoms with Gasteiger partial charge in [-0.2, -0.15) is 11.8 Å². The fraction of sp³-hybridized carbons (Fsp3) is 0.368. The number of thioether (sulfide) groups is 1. The Morgan fingerprint density at radius 3 is 1.75 bits per heavy atom. The molecule has 0 bridgehead atoms. The van der Waals surface area contributed by atoms with Crippen LogP contribution in [0, 0.1) is 0 Å². The summed E-state index contributed by atoms with van der Waals surface area (Å²) < 4.78 is 10.6. The van der Waals surface area contributed by atoms with Crippen molar-refractivity contribution in [2.24, 2.45) is 0 Å². The normalized spacial score (nSPS) is 10.8. The smallest absolute Gasteiger partial charge is 0.118 e. The van der Waals surface area contributed by atoms with Crippen molar-refractivity contribution in [3.8, 4) is 11.5 Å². The van der Waals surface area contributed by atoms with E-state index in [1.807, 2.05) is 11.8 Å². The van der Waals surface area contributed by atoms with E-state index in [9.17, 15) is 0 Å². The minimum Gasteiger partial charge on any atom is -0.497 e. The van der Waals surface area contributed by atoms with Crippen LogP contribution in [0.4, 0.5) is 0 Å². The Kier molecular flexibility index (Phi) is 8.44. The lowest BCUT2D eigenvalue weighted by molar-refractivity contribution is 0.415. The third kappa shape index (κ3) is 5.70. The zero-order chi connectivity index (χ0) is 17.2. The molecular formula is C19H26NO2PS. The topological polar surface area (TPSA) is 30.5 Å². The van der Waals surface area contributed by atoms with Gasteiger partial charge in [0.05, 0.1) is 14.2 Å². The van der Waals surface area contributed by atoms with Crippen LogP contribution in [0.5, 0.6) is 11.5 Å². The van der Waals surface area contributed by atoms with Crippen molar-refractivity contribution in [3.05, 3.63) is 48.5 Å². The summed E-state index contributed by atoms with van der Waals surface area (Å²) in [5.74, 6) is 2.96. The molecule has 24 heavy (non-hydrogen) atoms. The Morgan fingerprint density at radius 1 is 0.833 bits per heavy atom. The minimum atomic E-state index is -0.387. The lowest BCUT2D eigenvalue weighted by atomic mass is 10.3. The van der Waals surface area contributed by atoms with Gasteiger partial charge >= 0.3 is 0 Å². The Bertz CT molecular complexity index is 542. The molecule has 0 saturated carbocycles. The molecule has 0 aliphatic carbocycles. The van der Waals surface area contributed by atoms with Gasteiger partial charge in [-0.15, -0.1) is 0 Å². The second-order valence-electron chi connectivity index (χ2n) is 5.29. The monoisotopic (exact) mass is 363 g/mol. The van der Waals surface area contributed by atoms with E-state index >= 15 is 0 Å². The van der Waals surface area contributed by atoms with Gasteiger partial charge in [-0.3, -0.25) is 0 Å². The maximum atomic E-state index is 5.29. The van der Waals surface area contributed by atoms with Gasteiger partial charge in [-0.1, -0.05) is 24.3 Å². The van der Waals surface area contributed by atoms with E-state index < -0.39 is 0 Å². The third-order valence-corrected chi connectivity index (χ3v) is 6.89. The Labute approximate surface area is 150 Å². The van der Waals surface area contributed by atoms with Crippen molar-refractivity contribution >= 4 is 30.3 Å². The van der Waals surface area contributed by atoms with E-state index in [0.717, 1.165) is 36.5 Å². The SMILES string of the molecule is COc1ccc(P(CCNCCSC)c2ccc(OC)cc2)cc1. The van der Waals surface area contributed by atoms with Gasteiger partial charge in [0.15, 0.2) is 0 Å². The van der Waals surface area contributed by atoms with E-state index in [1.165, 1.54) is 10.6 Å². The summed E-state index contributed by atoms with van der Waals surface area (Å²) in [6.45, 7) is 2.10. The van der Waals surface area contributed by atoms with Crippen molar-refractivity contribution in [2.45, 2.75) is 0 Å². The van der Waals surface area contributed by atoms with Crippen molar-refractivity contribution < 1.29 is 9.47 Å². The number of hydrogen-bond donors (Lipinski definition) is 1. The summed E-state index contributed by atoms with van der Waals surface area (Å²) in [5, 5.41) is 6.30. The zero-order valence-electron chi connectivity index (χ0n) is 14.6. The molecule has 0 radical (unpaired) electrons. The Balaban J connectivity index is 2.12. The first-order chi connectivity index (χ1) is 11.8. The van der Waals surface area contributed by atoms with E-state index in [2.05, 4.69) is 60.1 Å². The molecule has 0 aliphatic heterocycles. The Morgan fingerprint density at radius 2 is 1.33 bits per heavy atom. The van der Waals surface area contributed by atoms with Crippen LogP contribution in [-0.2, 0) is 0 Å². The molecule has 130 valence electrons. The van der Waals surface area contributed by atoms with E-state index in [-0.39, 0.29) is 7.92 Å². The molecule has 2 aromatic rings. The fourth-order valence-electron chi connectivity index (χ4n) is 2.42. The number of benzene rings is 2. The highest BCUT2D eigenvalue weighted by molar-refractivity contribution is 7.98. The van der Waals surface area contributed by atoms with Crippen LogP contribution in [-0.4, -0.2) is 45.5 Å². The second-order valence-corrected chi connectivity index (χ2v) is 8.61. The van der Waals surface area contributed by atoms with E-state index in [1.54, 1.807) is 14.2 Å². The number of methoxy groups -OCH3 is 2. The second kappa shape index (κ2) is 10.6. The number of rotatable bonds is 10. The third-order valence-electron chi connectivity index (χ3n) is 3.76. The summed E-state index contributed by atoms with van der Waals surface area (Å²) in [6, 6.07) is 17.0. The van der Waals surface area contributed by atoms with Crippen molar-refractivity contribution in [3.63, 3.8) is 0 Å². The molecule has 0 aliphatic rings. The van der Waals surface area contributed by atoms with Gasteiger partial charge in [0.2, 0.25) is 0 Å². The predicted octanol–water partition coefficient (Wildman–Crippen LogP) is 3.09.